The van der Waals surface area contributed by atoms with Crippen LogP contribution in [-0.4, -0.2) is 0 Å². The van der Waals surface area contributed by atoms with Crippen LogP contribution in [0.5, 0.6) is 0 Å². The number of hydrogen-bond acceptors (Lipinski definition) is 1. The van der Waals surface area contributed by atoms with Crippen molar-refractivity contribution in [2.75, 3.05) is 5.73 Å². The first-order chi connectivity index (χ1) is 15.3. The fraction of sp³-hybridized carbons (Fsp3) is 0. The standard InChI is InChI=1S/C30H17N/c31-26-7-3-6-22-23(26)13-18-9-11-19-14-24-21-5-2-1-4-16(21)12-17-8-10-20-15-25(22)28(18)30(19)29(20)27(17)24/h1-15H,31H2. The van der Waals surface area contributed by atoms with Crippen LogP contribution in [0.3, 0.4) is 0 Å². The molecular weight excluding hydrogens is 374 g/mol. The smallest absolute Gasteiger partial charge is 0.0394 e. The zero-order valence-electron chi connectivity index (χ0n) is 16.7. The molecule has 0 aliphatic rings. The van der Waals surface area contributed by atoms with Crippen molar-refractivity contribution in [3.63, 3.8) is 0 Å². The van der Waals surface area contributed by atoms with Crippen molar-refractivity contribution in [1.82, 2.24) is 0 Å². The quantitative estimate of drug-likeness (QED) is 0.157. The number of fused-ring (bicyclic) bond motifs is 4. The maximum atomic E-state index is 6.37. The Bertz CT molecular complexity index is 1990. The normalized spacial score (nSPS) is 12.6. The van der Waals surface area contributed by atoms with Gasteiger partial charge in [-0.15, -0.1) is 0 Å². The number of rotatable bonds is 0. The minimum absolute atomic E-state index is 0.839. The predicted octanol–water partition coefficient (Wildman–Crippen LogP) is 8.22. The van der Waals surface area contributed by atoms with Gasteiger partial charge in [0, 0.05) is 11.1 Å². The average Bonchev–Trinajstić information content (AvgIpc) is 2.81. The van der Waals surface area contributed by atoms with E-state index >= 15 is 0 Å². The molecule has 31 heavy (non-hydrogen) atoms. The Hall–Kier alpha value is -4.10. The molecule has 1 nitrogen and oxygen atoms in total. The molecule has 0 bridgehead atoms. The lowest BCUT2D eigenvalue weighted by atomic mass is 9.84. The topological polar surface area (TPSA) is 26.0 Å². The molecule has 0 aliphatic heterocycles. The van der Waals surface area contributed by atoms with Crippen LogP contribution in [0, 0.1) is 0 Å². The van der Waals surface area contributed by atoms with Crippen LogP contribution >= 0.6 is 0 Å². The van der Waals surface area contributed by atoms with Crippen LogP contribution in [0.4, 0.5) is 5.69 Å². The summed E-state index contributed by atoms with van der Waals surface area (Å²) in [5.74, 6) is 0. The zero-order chi connectivity index (χ0) is 20.3. The lowest BCUT2D eigenvalue weighted by Crippen LogP contribution is -1.92. The summed E-state index contributed by atoms with van der Waals surface area (Å²) in [7, 11) is 0. The van der Waals surface area contributed by atoms with Crippen LogP contribution in [0.2, 0.25) is 0 Å². The second-order valence-corrected chi connectivity index (χ2v) is 8.79. The SMILES string of the molecule is Nc1cccc2c1cc1ccc3cc4c5ccccc5cc5ccc6cc2c1c3c6c54. The molecule has 0 saturated carbocycles. The summed E-state index contributed by atoms with van der Waals surface area (Å²) in [6, 6.07) is 33.5. The predicted molar refractivity (Wildman–Crippen MR) is 136 cm³/mol. The van der Waals surface area contributed by atoms with E-state index in [0.29, 0.717) is 0 Å². The number of hydrogen-bond donors (Lipinski definition) is 1. The van der Waals surface area contributed by atoms with Crippen molar-refractivity contribution in [1.29, 1.82) is 0 Å². The molecule has 8 aromatic rings. The molecule has 0 radical (unpaired) electrons. The molecule has 0 aliphatic carbocycles. The van der Waals surface area contributed by atoms with Gasteiger partial charge in [-0.2, -0.15) is 0 Å². The molecule has 0 amide bonds. The third-order valence-electron chi connectivity index (χ3n) is 7.22. The Morgan fingerprint density at radius 2 is 0.903 bits per heavy atom. The van der Waals surface area contributed by atoms with E-state index in [1.165, 1.54) is 70.0 Å². The van der Waals surface area contributed by atoms with Crippen molar-refractivity contribution in [2.24, 2.45) is 0 Å². The molecule has 0 spiro atoms. The Morgan fingerprint density at radius 1 is 0.355 bits per heavy atom. The van der Waals surface area contributed by atoms with Gasteiger partial charge in [0.05, 0.1) is 0 Å². The zero-order valence-corrected chi connectivity index (χ0v) is 16.7. The summed E-state index contributed by atoms with van der Waals surface area (Å²) in [6.45, 7) is 0. The van der Waals surface area contributed by atoms with E-state index in [2.05, 4.69) is 84.9 Å². The summed E-state index contributed by atoms with van der Waals surface area (Å²) in [5, 5.41) is 18.3. The van der Waals surface area contributed by atoms with E-state index in [-0.39, 0.29) is 0 Å². The average molecular weight is 391 g/mol. The van der Waals surface area contributed by atoms with E-state index in [1.807, 2.05) is 6.07 Å². The van der Waals surface area contributed by atoms with E-state index in [4.69, 9.17) is 5.73 Å². The second-order valence-electron chi connectivity index (χ2n) is 8.79. The van der Waals surface area contributed by atoms with E-state index < -0.39 is 0 Å². The van der Waals surface area contributed by atoms with Gasteiger partial charge in [0.15, 0.2) is 0 Å². The van der Waals surface area contributed by atoms with Crippen LogP contribution in [-0.2, 0) is 0 Å². The minimum atomic E-state index is 0.839. The monoisotopic (exact) mass is 391 g/mol. The van der Waals surface area contributed by atoms with Gasteiger partial charge in [-0.25, -0.2) is 0 Å². The van der Waals surface area contributed by atoms with Gasteiger partial charge >= 0.3 is 0 Å². The van der Waals surface area contributed by atoms with Crippen molar-refractivity contribution < 1.29 is 0 Å². The molecule has 8 aromatic carbocycles. The first-order valence-electron chi connectivity index (χ1n) is 10.7. The minimum Gasteiger partial charge on any atom is -0.398 e. The summed E-state index contributed by atoms with van der Waals surface area (Å²) in [5.41, 5.74) is 7.21. The Labute approximate surface area is 178 Å². The molecule has 0 unspecified atom stereocenters. The van der Waals surface area contributed by atoms with Crippen molar-refractivity contribution in [3.8, 4) is 0 Å². The van der Waals surface area contributed by atoms with E-state index in [1.54, 1.807) is 0 Å². The number of anilines is 1. The highest BCUT2D eigenvalue weighted by molar-refractivity contribution is 6.40. The Kier molecular flexibility index (Phi) is 2.60. The van der Waals surface area contributed by atoms with Crippen LogP contribution in [0.25, 0.3) is 75.4 Å². The highest BCUT2D eigenvalue weighted by Gasteiger charge is 2.18. The molecule has 8 rings (SSSR count). The molecule has 0 fully saturated rings. The summed E-state index contributed by atoms with van der Waals surface area (Å²) < 4.78 is 0. The van der Waals surface area contributed by atoms with Gasteiger partial charge in [0.2, 0.25) is 0 Å². The first kappa shape index (κ1) is 15.7. The summed E-state index contributed by atoms with van der Waals surface area (Å²) >= 11 is 0. The van der Waals surface area contributed by atoms with Gasteiger partial charge in [-0.3, -0.25) is 0 Å². The molecule has 0 saturated heterocycles. The van der Waals surface area contributed by atoms with Crippen molar-refractivity contribution in [2.45, 2.75) is 0 Å². The molecule has 1 heteroatoms. The van der Waals surface area contributed by atoms with E-state index in [0.717, 1.165) is 11.1 Å². The lowest BCUT2D eigenvalue weighted by Gasteiger charge is -2.19. The second kappa shape index (κ2) is 5.14. The summed E-state index contributed by atoms with van der Waals surface area (Å²) in [6.07, 6.45) is 0. The third-order valence-corrected chi connectivity index (χ3v) is 7.22. The van der Waals surface area contributed by atoms with E-state index in [9.17, 15) is 0 Å². The molecule has 0 atom stereocenters. The fourth-order valence-electron chi connectivity index (χ4n) is 5.92. The van der Waals surface area contributed by atoms with Crippen molar-refractivity contribution >= 4 is 81.1 Å². The molecular formula is C30H17N. The number of benzene rings is 8. The van der Waals surface area contributed by atoms with Crippen LogP contribution < -0.4 is 5.73 Å². The maximum Gasteiger partial charge on any atom is 0.0394 e. The largest absolute Gasteiger partial charge is 0.398 e. The van der Waals surface area contributed by atoms with Gasteiger partial charge in [0.1, 0.15) is 0 Å². The maximum absolute atomic E-state index is 6.37. The lowest BCUT2D eigenvalue weighted by molar-refractivity contribution is 1.77. The Balaban J connectivity index is 1.76. The van der Waals surface area contributed by atoms with Gasteiger partial charge in [-0.05, 0) is 100 Å². The highest BCUT2D eigenvalue weighted by atomic mass is 14.5. The Morgan fingerprint density at radius 3 is 1.65 bits per heavy atom. The van der Waals surface area contributed by atoms with Crippen molar-refractivity contribution in [3.05, 3.63) is 91.0 Å². The number of nitrogens with two attached hydrogens (primary N) is 1. The highest BCUT2D eigenvalue weighted by Crippen LogP contribution is 2.47. The van der Waals surface area contributed by atoms with Gasteiger partial charge in [-0.1, -0.05) is 60.7 Å². The van der Waals surface area contributed by atoms with Crippen LogP contribution in [0.15, 0.2) is 91.0 Å². The molecule has 0 heterocycles. The molecule has 142 valence electrons. The first-order valence-corrected chi connectivity index (χ1v) is 10.7. The van der Waals surface area contributed by atoms with Gasteiger partial charge < -0.3 is 5.73 Å². The third kappa shape index (κ3) is 1.79. The molecule has 2 N–H and O–H groups in total. The van der Waals surface area contributed by atoms with Gasteiger partial charge in [0.25, 0.3) is 0 Å². The van der Waals surface area contributed by atoms with Crippen LogP contribution in [0.1, 0.15) is 0 Å². The summed E-state index contributed by atoms with van der Waals surface area (Å²) in [4.78, 5) is 0. The fourth-order valence-corrected chi connectivity index (χ4v) is 5.92. The number of nitrogen functional groups attached to an aromatic ring is 1. The molecule has 0 aromatic heterocycles.